The van der Waals surface area contributed by atoms with E-state index in [-0.39, 0.29) is 17.7 Å². The van der Waals surface area contributed by atoms with Crippen molar-refractivity contribution in [3.05, 3.63) is 29.8 Å². The van der Waals surface area contributed by atoms with Crippen molar-refractivity contribution < 1.29 is 13.2 Å². The lowest BCUT2D eigenvalue weighted by molar-refractivity contribution is -0.122. The number of rotatable bonds is 4. The van der Waals surface area contributed by atoms with E-state index in [4.69, 9.17) is 5.73 Å². The van der Waals surface area contributed by atoms with Crippen molar-refractivity contribution in [3.63, 3.8) is 0 Å². The van der Waals surface area contributed by atoms with E-state index in [9.17, 15) is 13.2 Å². The number of nitrogens with one attached hydrogen (secondary N) is 1. The molecule has 0 saturated heterocycles. The zero-order valence-electron chi connectivity index (χ0n) is 10.8. The Bertz CT molecular complexity index is 566. The first-order valence-corrected chi connectivity index (χ1v) is 8.13. The van der Waals surface area contributed by atoms with Crippen molar-refractivity contribution >= 4 is 21.6 Å². The molecule has 1 aromatic rings. The largest absolute Gasteiger partial charge is 0.369 e. The Morgan fingerprint density at radius 2 is 1.89 bits per heavy atom. The molecule has 1 aliphatic carbocycles. The van der Waals surface area contributed by atoms with Crippen LogP contribution in [0.3, 0.4) is 0 Å². The molecule has 1 aromatic carbocycles. The molecule has 6 heteroatoms. The maximum atomic E-state index is 11.4. The van der Waals surface area contributed by atoms with Crippen LogP contribution in [0.5, 0.6) is 0 Å². The summed E-state index contributed by atoms with van der Waals surface area (Å²) in [5.74, 6) is -0.195. The molecule has 5 nitrogen and oxygen atoms in total. The zero-order chi connectivity index (χ0) is 14.0. The lowest BCUT2D eigenvalue weighted by Gasteiger charge is -2.17. The summed E-state index contributed by atoms with van der Waals surface area (Å²) in [6.07, 6.45) is 3.90. The summed E-state index contributed by atoms with van der Waals surface area (Å²) in [6.45, 7) is 0. The molecule has 1 saturated carbocycles. The first-order valence-electron chi connectivity index (χ1n) is 6.24. The standard InChI is InChI=1S/C13H18N2O3S/c1-19(17,18)15-10-7-5-9(6-8-10)11-3-2-4-12(11)13(14)16/h5-8,11-12,15H,2-4H2,1H3,(H2,14,16). The highest BCUT2D eigenvalue weighted by Gasteiger charge is 2.32. The second-order valence-electron chi connectivity index (χ2n) is 5.04. The second kappa shape index (κ2) is 5.21. The van der Waals surface area contributed by atoms with Crippen LogP contribution in [-0.2, 0) is 14.8 Å². The molecule has 0 heterocycles. The molecule has 0 radical (unpaired) electrons. The van der Waals surface area contributed by atoms with Gasteiger partial charge in [-0.2, -0.15) is 0 Å². The quantitative estimate of drug-likeness (QED) is 0.875. The molecular formula is C13H18N2O3S. The number of anilines is 1. The van der Waals surface area contributed by atoms with Gasteiger partial charge in [0.15, 0.2) is 0 Å². The maximum absolute atomic E-state index is 11.4. The van der Waals surface area contributed by atoms with Crippen LogP contribution in [0.15, 0.2) is 24.3 Å². The van der Waals surface area contributed by atoms with Gasteiger partial charge >= 0.3 is 0 Å². The fraction of sp³-hybridized carbons (Fsp3) is 0.462. The molecule has 0 bridgehead atoms. The van der Waals surface area contributed by atoms with Crippen molar-refractivity contribution in [3.8, 4) is 0 Å². The normalized spacial score (nSPS) is 23.2. The molecule has 0 aliphatic heterocycles. The Morgan fingerprint density at radius 1 is 1.26 bits per heavy atom. The molecule has 2 rings (SSSR count). The minimum absolute atomic E-state index is 0.103. The third kappa shape index (κ3) is 3.47. The summed E-state index contributed by atoms with van der Waals surface area (Å²) in [5, 5.41) is 0. The smallest absolute Gasteiger partial charge is 0.229 e. The van der Waals surface area contributed by atoms with Gasteiger partial charge in [0.25, 0.3) is 0 Å². The highest BCUT2D eigenvalue weighted by atomic mass is 32.2. The molecule has 2 atom stereocenters. The van der Waals surface area contributed by atoms with Gasteiger partial charge in [-0.05, 0) is 36.5 Å². The van der Waals surface area contributed by atoms with Crippen LogP contribution in [0.4, 0.5) is 5.69 Å². The van der Waals surface area contributed by atoms with Crippen molar-refractivity contribution in [2.45, 2.75) is 25.2 Å². The third-order valence-electron chi connectivity index (χ3n) is 3.52. The summed E-state index contributed by atoms with van der Waals surface area (Å²) >= 11 is 0. The highest BCUT2D eigenvalue weighted by molar-refractivity contribution is 7.92. The van der Waals surface area contributed by atoms with Gasteiger partial charge in [-0.3, -0.25) is 9.52 Å². The molecule has 19 heavy (non-hydrogen) atoms. The molecule has 1 fully saturated rings. The predicted molar refractivity (Wildman–Crippen MR) is 74.2 cm³/mol. The topological polar surface area (TPSA) is 89.3 Å². The molecule has 1 aliphatic rings. The van der Waals surface area contributed by atoms with Gasteiger partial charge in [-0.1, -0.05) is 18.6 Å². The summed E-state index contributed by atoms with van der Waals surface area (Å²) in [6, 6.07) is 7.15. The minimum atomic E-state index is -3.26. The predicted octanol–water partition coefficient (Wildman–Crippen LogP) is 1.43. The molecule has 2 unspecified atom stereocenters. The molecule has 104 valence electrons. The number of carbonyl (C=O) groups is 1. The van der Waals surface area contributed by atoms with Crippen LogP contribution in [-0.4, -0.2) is 20.6 Å². The van der Waals surface area contributed by atoms with Crippen LogP contribution in [0.2, 0.25) is 0 Å². The summed E-state index contributed by atoms with van der Waals surface area (Å²) < 4.78 is 24.6. The number of hydrogen-bond donors (Lipinski definition) is 2. The average molecular weight is 282 g/mol. The monoisotopic (exact) mass is 282 g/mol. The molecule has 3 N–H and O–H groups in total. The lowest BCUT2D eigenvalue weighted by Crippen LogP contribution is -2.25. The molecular weight excluding hydrogens is 264 g/mol. The van der Waals surface area contributed by atoms with E-state index in [2.05, 4.69) is 4.72 Å². The van der Waals surface area contributed by atoms with Crippen molar-refractivity contribution in [2.75, 3.05) is 11.0 Å². The Morgan fingerprint density at radius 3 is 2.42 bits per heavy atom. The van der Waals surface area contributed by atoms with E-state index in [1.807, 2.05) is 12.1 Å². The summed E-state index contributed by atoms with van der Waals surface area (Å²) in [4.78, 5) is 11.4. The number of carbonyl (C=O) groups excluding carboxylic acids is 1. The fourth-order valence-corrected chi connectivity index (χ4v) is 3.28. The zero-order valence-corrected chi connectivity index (χ0v) is 11.6. The Kier molecular flexibility index (Phi) is 3.80. The fourth-order valence-electron chi connectivity index (χ4n) is 2.71. The van der Waals surface area contributed by atoms with E-state index in [1.165, 1.54) is 0 Å². The summed E-state index contributed by atoms with van der Waals surface area (Å²) in [7, 11) is -3.26. The van der Waals surface area contributed by atoms with Crippen molar-refractivity contribution in [1.29, 1.82) is 0 Å². The Balaban J connectivity index is 2.16. The second-order valence-corrected chi connectivity index (χ2v) is 6.79. The number of hydrogen-bond acceptors (Lipinski definition) is 3. The number of primary amides is 1. The van der Waals surface area contributed by atoms with Gasteiger partial charge in [0, 0.05) is 11.6 Å². The minimum Gasteiger partial charge on any atom is -0.369 e. The van der Waals surface area contributed by atoms with Crippen LogP contribution in [0.1, 0.15) is 30.7 Å². The van der Waals surface area contributed by atoms with Crippen molar-refractivity contribution in [1.82, 2.24) is 0 Å². The van der Waals surface area contributed by atoms with Gasteiger partial charge < -0.3 is 5.73 Å². The molecule has 0 spiro atoms. The van der Waals surface area contributed by atoms with Gasteiger partial charge in [0.05, 0.1) is 6.26 Å². The molecule has 0 aromatic heterocycles. The number of amides is 1. The highest BCUT2D eigenvalue weighted by Crippen LogP contribution is 2.39. The van der Waals surface area contributed by atoms with Gasteiger partial charge in [0.1, 0.15) is 0 Å². The van der Waals surface area contributed by atoms with Crippen LogP contribution < -0.4 is 10.5 Å². The number of sulfonamides is 1. The van der Waals surface area contributed by atoms with E-state index in [0.717, 1.165) is 31.1 Å². The number of nitrogens with two attached hydrogens (primary N) is 1. The maximum Gasteiger partial charge on any atom is 0.229 e. The number of benzene rings is 1. The molecule has 1 amide bonds. The SMILES string of the molecule is CS(=O)(=O)Nc1ccc(C2CCCC2C(N)=O)cc1. The lowest BCUT2D eigenvalue weighted by atomic mass is 9.88. The Labute approximate surface area is 113 Å². The average Bonchev–Trinajstić information content (AvgIpc) is 2.76. The van der Waals surface area contributed by atoms with Gasteiger partial charge in [-0.15, -0.1) is 0 Å². The van der Waals surface area contributed by atoms with Gasteiger partial charge in [-0.25, -0.2) is 8.42 Å². The van der Waals surface area contributed by atoms with E-state index >= 15 is 0 Å². The first kappa shape index (κ1) is 13.9. The summed E-state index contributed by atoms with van der Waals surface area (Å²) in [5.41, 5.74) is 6.98. The van der Waals surface area contributed by atoms with Crippen LogP contribution >= 0.6 is 0 Å². The van der Waals surface area contributed by atoms with Gasteiger partial charge in [0.2, 0.25) is 15.9 Å². The van der Waals surface area contributed by atoms with Crippen LogP contribution in [0.25, 0.3) is 0 Å². The van der Waals surface area contributed by atoms with Crippen molar-refractivity contribution in [2.24, 2.45) is 11.7 Å². The van der Waals surface area contributed by atoms with E-state index in [0.29, 0.717) is 5.69 Å². The van der Waals surface area contributed by atoms with E-state index in [1.54, 1.807) is 12.1 Å². The Hall–Kier alpha value is -1.56. The van der Waals surface area contributed by atoms with E-state index < -0.39 is 10.0 Å². The first-order chi connectivity index (χ1) is 8.87. The third-order valence-corrected chi connectivity index (χ3v) is 4.13. The van der Waals surface area contributed by atoms with Crippen LogP contribution in [0, 0.1) is 5.92 Å².